The minimum Gasteiger partial charge on any atom is -0.379 e. The summed E-state index contributed by atoms with van der Waals surface area (Å²) in [5.41, 5.74) is 8.50. The van der Waals surface area contributed by atoms with Crippen LogP contribution in [0.4, 0.5) is 4.79 Å². The lowest BCUT2D eigenvalue weighted by Gasteiger charge is -2.05. The van der Waals surface area contributed by atoms with Crippen molar-refractivity contribution in [1.29, 1.82) is 0 Å². The number of primary amides is 2. The van der Waals surface area contributed by atoms with E-state index in [0.29, 0.717) is 0 Å². The number of nitrogens with two attached hydrogens (primary N) is 2. The van der Waals surface area contributed by atoms with Gasteiger partial charge in [0.25, 0.3) is 0 Å². The SMILES string of the molecule is CO[SiH](OC)OC.NC(N)=O. The molecule has 7 heteroatoms. The number of carbonyl (C=O) groups is 1. The Labute approximate surface area is 67.4 Å². The summed E-state index contributed by atoms with van der Waals surface area (Å²) in [4.78, 5) is 9.00. The molecule has 68 valence electrons. The Hall–Kier alpha value is -0.633. The van der Waals surface area contributed by atoms with E-state index in [1.165, 1.54) is 0 Å². The first-order chi connectivity index (χ1) is 5.08. The van der Waals surface area contributed by atoms with Crippen LogP contribution in [0.25, 0.3) is 0 Å². The minimum absolute atomic E-state index is 0.833. The lowest BCUT2D eigenvalue weighted by atomic mass is 11.2. The van der Waals surface area contributed by atoms with Crippen molar-refractivity contribution in [3.8, 4) is 0 Å². The topological polar surface area (TPSA) is 96.8 Å². The maximum atomic E-state index is 9.00. The van der Waals surface area contributed by atoms with Crippen molar-refractivity contribution >= 4 is 15.6 Å². The van der Waals surface area contributed by atoms with Gasteiger partial charge < -0.3 is 24.7 Å². The highest BCUT2D eigenvalue weighted by Crippen LogP contribution is 1.81. The monoisotopic (exact) mass is 182 g/mol. The van der Waals surface area contributed by atoms with E-state index >= 15 is 0 Å². The van der Waals surface area contributed by atoms with Crippen molar-refractivity contribution in [1.82, 2.24) is 0 Å². The van der Waals surface area contributed by atoms with Crippen molar-refractivity contribution in [3.05, 3.63) is 0 Å². The van der Waals surface area contributed by atoms with Gasteiger partial charge >= 0.3 is 15.6 Å². The molecule has 0 aliphatic rings. The average Bonchev–Trinajstić information content (AvgIpc) is 1.90. The molecule has 0 bridgehead atoms. The molecule has 0 saturated carbocycles. The van der Waals surface area contributed by atoms with Crippen LogP contribution in [0.5, 0.6) is 0 Å². The van der Waals surface area contributed by atoms with Crippen LogP contribution in [0.15, 0.2) is 0 Å². The van der Waals surface area contributed by atoms with E-state index in [0.717, 1.165) is 0 Å². The highest BCUT2D eigenvalue weighted by Gasteiger charge is 2.04. The summed E-state index contributed by atoms with van der Waals surface area (Å²) in [5.74, 6) is 0. The van der Waals surface area contributed by atoms with Gasteiger partial charge in [0.05, 0.1) is 0 Å². The maximum Gasteiger partial charge on any atom is 0.483 e. The minimum atomic E-state index is -1.67. The number of hydrogen-bond donors (Lipinski definition) is 2. The molecule has 0 aromatic carbocycles. The van der Waals surface area contributed by atoms with Gasteiger partial charge in [-0.15, -0.1) is 0 Å². The fraction of sp³-hybridized carbons (Fsp3) is 0.750. The van der Waals surface area contributed by atoms with E-state index in [-0.39, 0.29) is 0 Å². The molecule has 0 spiro atoms. The Morgan fingerprint density at radius 1 is 1.09 bits per heavy atom. The number of hydrogen-bond acceptors (Lipinski definition) is 4. The Morgan fingerprint density at radius 3 is 1.27 bits per heavy atom. The molecular formula is C4H14N2O4Si. The van der Waals surface area contributed by atoms with E-state index in [1.54, 1.807) is 21.3 Å². The predicted octanol–water partition coefficient (Wildman–Crippen LogP) is -1.33. The van der Waals surface area contributed by atoms with Crippen LogP contribution in [0, 0.1) is 0 Å². The first-order valence-electron chi connectivity index (χ1n) is 2.71. The second-order valence-electron chi connectivity index (χ2n) is 1.40. The summed E-state index contributed by atoms with van der Waals surface area (Å²) in [6, 6.07) is -0.833. The van der Waals surface area contributed by atoms with Gasteiger partial charge in [0.1, 0.15) is 0 Å². The van der Waals surface area contributed by atoms with Gasteiger partial charge in [-0.05, 0) is 0 Å². The normalized spacial score (nSPS) is 8.73. The molecule has 4 N–H and O–H groups in total. The van der Waals surface area contributed by atoms with E-state index in [1.807, 2.05) is 0 Å². The fourth-order valence-corrected chi connectivity index (χ4v) is 0.866. The Morgan fingerprint density at radius 2 is 1.27 bits per heavy atom. The molecule has 0 fully saturated rings. The zero-order valence-corrected chi connectivity index (χ0v) is 8.02. The summed E-state index contributed by atoms with van der Waals surface area (Å²) in [5, 5.41) is 0. The quantitative estimate of drug-likeness (QED) is 0.528. The molecule has 0 heterocycles. The molecular weight excluding hydrogens is 168 g/mol. The molecule has 6 nitrogen and oxygen atoms in total. The van der Waals surface area contributed by atoms with Crippen LogP contribution in [-0.4, -0.2) is 36.9 Å². The third-order valence-corrected chi connectivity index (χ3v) is 1.73. The second kappa shape index (κ2) is 9.37. The van der Waals surface area contributed by atoms with Crippen molar-refractivity contribution in [2.75, 3.05) is 21.3 Å². The van der Waals surface area contributed by atoms with Gasteiger partial charge in [-0.3, -0.25) is 0 Å². The standard InChI is InChI=1S/C3H10O3Si.CH4N2O/c1-4-7(5-2)6-3;2-1(3)4/h7H,1-3H3;(H4,2,3,4). The third kappa shape index (κ3) is 17.6. The predicted molar refractivity (Wildman–Crippen MR) is 41.9 cm³/mol. The summed E-state index contributed by atoms with van der Waals surface area (Å²) in [6.45, 7) is 0. The summed E-state index contributed by atoms with van der Waals surface area (Å²) in [7, 11) is 3.05. The fourth-order valence-electron chi connectivity index (χ4n) is 0.289. The lowest BCUT2D eigenvalue weighted by molar-refractivity contribution is 0.163. The molecule has 0 aromatic heterocycles. The van der Waals surface area contributed by atoms with E-state index < -0.39 is 15.6 Å². The zero-order chi connectivity index (χ0) is 9.28. The third-order valence-electron chi connectivity index (χ3n) is 0.577. The van der Waals surface area contributed by atoms with Gasteiger partial charge in [-0.2, -0.15) is 0 Å². The Bertz CT molecular complexity index is 88.6. The molecule has 0 atom stereocenters. The van der Waals surface area contributed by atoms with Crippen LogP contribution < -0.4 is 11.5 Å². The van der Waals surface area contributed by atoms with Gasteiger partial charge in [0, 0.05) is 21.3 Å². The van der Waals surface area contributed by atoms with Crippen molar-refractivity contribution < 1.29 is 18.1 Å². The lowest BCUT2D eigenvalue weighted by Crippen LogP contribution is -2.21. The first kappa shape index (κ1) is 13.0. The van der Waals surface area contributed by atoms with Gasteiger partial charge in [-0.25, -0.2) is 4.79 Å². The van der Waals surface area contributed by atoms with Gasteiger partial charge in [0.15, 0.2) is 0 Å². The average molecular weight is 182 g/mol. The van der Waals surface area contributed by atoms with Gasteiger partial charge in [-0.1, -0.05) is 0 Å². The molecule has 0 radical (unpaired) electrons. The first-order valence-corrected chi connectivity index (χ1v) is 4.13. The molecule has 0 rings (SSSR count). The Balaban J connectivity index is 0. The number of amides is 2. The largest absolute Gasteiger partial charge is 0.483 e. The molecule has 2 amide bonds. The van der Waals surface area contributed by atoms with E-state index in [9.17, 15) is 0 Å². The zero-order valence-electron chi connectivity index (χ0n) is 6.87. The van der Waals surface area contributed by atoms with Crippen LogP contribution in [0.3, 0.4) is 0 Å². The van der Waals surface area contributed by atoms with Crippen LogP contribution in [0.1, 0.15) is 0 Å². The molecule has 0 saturated heterocycles. The van der Waals surface area contributed by atoms with E-state index in [2.05, 4.69) is 11.5 Å². The maximum absolute atomic E-state index is 9.00. The number of rotatable bonds is 3. The van der Waals surface area contributed by atoms with Crippen LogP contribution in [-0.2, 0) is 13.3 Å². The molecule has 0 aliphatic carbocycles. The molecule has 0 aromatic rings. The van der Waals surface area contributed by atoms with E-state index in [4.69, 9.17) is 18.1 Å². The van der Waals surface area contributed by atoms with Gasteiger partial charge in [0.2, 0.25) is 0 Å². The molecule has 0 aliphatic heterocycles. The number of carbonyl (C=O) groups excluding carboxylic acids is 1. The highest BCUT2D eigenvalue weighted by atomic mass is 28.3. The Kier molecular flexibility index (Phi) is 11.1. The van der Waals surface area contributed by atoms with Crippen LogP contribution >= 0.6 is 0 Å². The molecule has 0 unspecified atom stereocenters. The number of urea groups is 1. The second-order valence-corrected chi connectivity index (χ2v) is 3.39. The summed E-state index contributed by atoms with van der Waals surface area (Å²) < 4.78 is 14.2. The highest BCUT2D eigenvalue weighted by molar-refractivity contribution is 6.36. The smallest absolute Gasteiger partial charge is 0.379 e. The summed E-state index contributed by atoms with van der Waals surface area (Å²) in [6.07, 6.45) is 0. The van der Waals surface area contributed by atoms with Crippen LogP contribution in [0.2, 0.25) is 0 Å². The van der Waals surface area contributed by atoms with Crippen molar-refractivity contribution in [2.24, 2.45) is 11.5 Å². The molecule has 11 heavy (non-hydrogen) atoms. The summed E-state index contributed by atoms with van der Waals surface area (Å²) >= 11 is 0. The van der Waals surface area contributed by atoms with Crippen molar-refractivity contribution in [3.63, 3.8) is 0 Å². The van der Waals surface area contributed by atoms with Crippen molar-refractivity contribution in [2.45, 2.75) is 0 Å².